The van der Waals surface area contributed by atoms with Crippen molar-refractivity contribution in [2.24, 2.45) is 0 Å². The largest absolute Gasteiger partial charge is 0.310 e. The molecule has 1 amide bonds. The number of nitrogens with one attached hydrogen (secondary N) is 1. The highest BCUT2D eigenvalue weighted by atomic mass is 32.1. The van der Waals surface area contributed by atoms with Crippen molar-refractivity contribution in [3.63, 3.8) is 0 Å². The highest BCUT2D eigenvalue weighted by Crippen LogP contribution is 2.28. The van der Waals surface area contributed by atoms with Crippen LogP contribution in [0.2, 0.25) is 0 Å². The lowest BCUT2D eigenvalue weighted by molar-refractivity contribution is 0.102. The van der Waals surface area contributed by atoms with Crippen LogP contribution in [0.5, 0.6) is 0 Å². The number of para-hydroxylation sites is 1. The maximum absolute atomic E-state index is 12.8. The van der Waals surface area contributed by atoms with Crippen LogP contribution in [-0.2, 0) is 6.54 Å². The fourth-order valence-electron chi connectivity index (χ4n) is 3.15. The number of amides is 1. The van der Waals surface area contributed by atoms with Gasteiger partial charge < -0.3 is 4.57 Å². The number of hydrogen-bond donors (Lipinski definition) is 1. The fourth-order valence-corrected chi connectivity index (χ4v) is 4.08. The Balaban J connectivity index is 1.60. The predicted octanol–water partition coefficient (Wildman–Crippen LogP) is 4.38. The number of fused-ring (bicyclic) bond motifs is 1. The van der Waals surface area contributed by atoms with Crippen molar-refractivity contribution in [2.75, 3.05) is 5.32 Å². The minimum atomic E-state index is -0.444. The molecule has 6 heteroatoms. The van der Waals surface area contributed by atoms with Crippen molar-refractivity contribution in [1.82, 2.24) is 9.55 Å². The van der Waals surface area contributed by atoms with Crippen molar-refractivity contribution in [2.45, 2.75) is 20.4 Å². The van der Waals surface area contributed by atoms with Crippen molar-refractivity contribution in [3.05, 3.63) is 93.4 Å². The molecule has 0 aliphatic carbocycles. The lowest BCUT2D eigenvalue weighted by Gasteiger charge is -2.08. The van der Waals surface area contributed by atoms with E-state index in [1.165, 1.54) is 11.3 Å². The molecule has 0 saturated carbocycles. The van der Waals surface area contributed by atoms with Crippen LogP contribution >= 0.6 is 11.3 Å². The summed E-state index contributed by atoms with van der Waals surface area (Å²) in [6, 6.07) is 17.1. The summed E-state index contributed by atoms with van der Waals surface area (Å²) in [5.74, 6) is -0.444. The van der Waals surface area contributed by atoms with Crippen LogP contribution < -0.4 is 10.9 Å². The van der Waals surface area contributed by atoms with Crippen LogP contribution in [0.25, 0.3) is 10.2 Å². The third kappa shape index (κ3) is 3.59. The molecule has 28 heavy (non-hydrogen) atoms. The quantitative estimate of drug-likeness (QED) is 0.563. The van der Waals surface area contributed by atoms with E-state index in [0.29, 0.717) is 11.7 Å². The molecule has 0 bridgehead atoms. The smallest absolute Gasteiger partial charge is 0.263 e. The molecule has 0 aliphatic rings. The van der Waals surface area contributed by atoms with Crippen LogP contribution in [0.1, 0.15) is 27.0 Å². The number of anilines is 1. The number of thiazole rings is 1. The van der Waals surface area contributed by atoms with E-state index in [9.17, 15) is 9.59 Å². The summed E-state index contributed by atoms with van der Waals surface area (Å²) >= 11 is 1.40. The number of carbonyl (C=O) groups is 1. The summed E-state index contributed by atoms with van der Waals surface area (Å²) < 4.78 is 2.55. The van der Waals surface area contributed by atoms with E-state index in [4.69, 9.17) is 0 Å². The molecule has 4 aromatic rings. The number of rotatable bonds is 4. The van der Waals surface area contributed by atoms with E-state index in [-0.39, 0.29) is 11.1 Å². The number of aromatic nitrogens is 2. The second-order valence-electron chi connectivity index (χ2n) is 6.74. The lowest BCUT2D eigenvalue weighted by Crippen LogP contribution is -2.29. The molecule has 0 fully saturated rings. The first kappa shape index (κ1) is 18.1. The molecule has 0 spiro atoms. The fraction of sp³-hybridized carbons (Fsp3) is 0.136. The van der Waals surface area contributed by atoms with E-state index in [1.54, 1.807) is 22.9 Å². The van der Waals surface area contributed by atoms with Crippen molar-refractivity contribution in [1.29, 1.82) is 0 Å². The zero-order valence-electron chi connectivity index (χ0n) is 15.6. The Kier molecular flexibility index (Phi) is 4.79. The summed E-state index contributed by atoms with van der Waals surface area (Å²) in [6.07, 6.45) is 1.70. The Morgan fingerprint density at radius 3 is 2.71 bits per heavy atom. The highest BCUT2D eigenvalue weighted by molar-refractivity contribution is 7.22. The van der Waals surface area contributed by atoms with Crippen LogP contribution in [0.15, 0.2) is 65.6 Å². The average molecular weight is 389 g/mol. The molecule has 0 atom stereocenters. The molecule has 0 radical (unpaired) electrons. The first-order valence-electron chi connectivity index (χ1n) is 8.94. The van der Waals surface area contributed by atoms with E-state index in [1.807, 2.05) is 56.3 Å². The summed E-state index contributed by atoms with van der Waals surface area (Å²) in [7, 11) is 0. The molecule has 0 aliphatic heterocycles. The second kappa shape index (κ2) is 7.40. The molecular formula is C22H19N3O2S. The molecular weight excluding hydrogens is 370 g/mol. The van der Waals surface area contributed by atoms with Gasteiger partial charge in [0.25, 0.3) is 11.5 Å². The highest BCUT2D eigenvalue weighted by Gasteiger charge is 2.15. The molecule has 140 valence electrons. The van der Waals surface area contributed by atoms with Gasteiger partial charge in [0.1, 0.15) is 5.56 Å². The topological polar surface area (TPSA) is 64.0 Å². The minimum Gasteiger partial charge on any atom is -0.310 e. The van der Waals surface area contributed by atoms with E-state index < -0.39 is 5.91 Å². The molecule has 0 unspecified atom stereocenters. The van der Waals surface area contributed by atoms with Gasteiger partial charge in [0.15, 0.2) is 5.13 Å². The number of carbonyl (C=O) groups excluding carboxylic acids is 1. The summed E-state index contributed by atoms with van der Waals surface area (Å²) in [6.45, 7) is 4.41. The molecule has 4 rings (SSSR count). The van der Waals surface area contributed by atoms with E-state index in [0.717, 1.165) is 26.9 Å². The molecule has 0 saturated heterocycles. The number of aryl methyl sites for hydroxylation is 2. The zero-order chi connectivity index (χ0) is 19.7. The average Bonchev–Trinajstić information content (AvgIpc) is 3.07. The van der Waals surface area contributed by atoms with Crippen LogP contribution in [0.3, 0.4) is 0 Å². The molecule has 2 aromatic heterocycles. The number of benzene rings is 2. The standard InChI is InChI=1S/C22H19N3O2S/c1-14-6-3-8-16(12-14)13-25-11-5-9-17(21(25)27)20(26)24-22-23-19-15(2)7-4-10-18(19)28-22/h3-12H,13H2,1-2H3,(H,23,24,26). The number of nitrogens with zero attached hydrogens (tertiary/aromatic N) is 2. The predicted molar refractivity (Wildman–Crippen MR) is 113 cm³/mol. The van der Waals surface area contributed by atoms with Crippen molar-refractivity contribution < 1.29 is 4.79 Å². The van der Waals surface area contributed by atoms with Gasteiger partial charge in [-0.2, -0.15) is 0 Å². The van der Waals surface area contributed by atoms with Crippen LogP contribution in [0.4, 0.5) is 5.13 Å². The van der Waals surface area contributed by atoms with Gasteiger partial charge in [-0.05, 0) is 43.2 Å². The third-order valence-electron chi connectivity index (χ3n) is 4.54. The Bertz CT molecular complexity index is 1240. The van der Waals surface area contributed by atoms with Gasteiger partial charge in [-0.1, -0.05) is 53.3 Å². The van der Waals surface area contributed by atoms with E-state index >= 15 is 0 Å². The van der Waals surface area contributed by atoms with Gasteiger partial charge in [0.2, 0.25) is 0 Å². The van der Waals surface area contributed by atoms with Crippen LogP contribution in [0, 0.1) is 13.8 Å². The molecule has 2 heterocycles. The zero-order valence-corrected chi connectivity index (χ0v) is 16.4. The summed E-state index contributed by atoms with van der Waals surface area (Å²) in [4.78, 5) is 30.0. The Morgan fingerprint density at radius 2 is 1.93 bits per heavy atom. The van der Waals surface area contributed by atoms with Gasteiger partial charge in [0, 0.05) is 6.20 Å². The second-order valence-corrected chi connectivity index (χ2v) is 7.77. The van der Waals surface area contributed by atoms with Gasteiger partial charge in [-0.25, -0.2) is 4.98 Å². The van der Waals surface area contributed by atoms with Crippen molar-refractivity contribution in [3.8, 4) is 0 Å². The van der Waals surface area contributed by atoms with Crippen molar-refractivity contribution >= 4 is 32.6 Å². The van der Waals surface area contributed by atoms with Gasteiger partial charge in [-0.15, -0.1) is 0 Å². The maximum Gasteiger partial charge on any atom is 0.263 e. The summed E-state index contributed by atoms with van der Waals surface area (Å²) in [5, 5.41) is 3.26. The SMILES string of the molecule is Cc1cccc(Cn2cccc(C(=O)Nc3nc4c(C)cccc4s3)c2=O)c1. The van der Waals surface area contributed by atoms with Gasteiger partial charge in [0.05, 0.1) is 16.8 Å². The number of hydrogen-bond acceptors (Lipinski definition) is 4. The Morgan fingerprint density at radius 1 is 1.11 bits per heavy atom. The van der Waals surface area contributed by atoms with Crippen LogP contribution in [-0.4, -0.2) is 15.5 Å². The van der Waals surface area contributed by atoms with Gasteiger partial charge >= 0.3 is 0 Å². The first-order valence-corrected chi connectivity index (χ1v) is 9.75. The first-order chi connectivity index (χ1) is 13.5. The molecule has 1 N–H and O–H groups in total. The Labute approximate surface area is 166 Å². The minimum absolute atomic E-state index is 0.103. The molecule has 2 aromatic carbocycles. The van der Waals surface area contributed by atoms with Gasteiger partial charge in [-0.3, -0.25) is 14.9 Å². The van der Waals surface area contributed by atoms with E-state index in [2.05, 4.69) is 10.3 Å². The summed E-state index contributed by atoms with van der Waals surface area (Å²) in [5.41, 5.74) is 3.85. The Hall–Kier alpha value is -3.25. The number of pyridine rings is 1. The maximum atomic E-state index is 12.8. The lowest BCUT2D eigenvalue weighted by atomic mass is 10.1. The molecule has 5 nitrogen and oxygen atoms in total. The third-order valence-corrected chi connectivity index (χ3v) is 5.48. The monoisotopic (exact) mass is 389 g/mol. The normalized spacial score (nSPS) is 10.9.